The average Bonchev–Trinajstić information content (AvgIpc) is 2.55. The highest BCUT2D eigenvalue weighted by atomic mass is 19.1. The molecule has 2 rings (SSSR count). The van der Waals surface area contributed by atoms with Crippen LogP contribution in [-0.2, 0) is 22.6 Å². The lowest BCUT2D eigenvalue weighted by Gasteiger charge is -2.10. The normalized spacial score (nSPS) is 10.3. The second kappa shape index (κ2) is 8.21. The molecule has 0 aromatic heterocycles. The second-order valence-electron chi connectivity index (χ2n) is 5.44. The molecular formula is C18H19FN2O3. The minimum absolute atomic E-state index is 0.00403. The summed E-state index contributed by atoms with van der Waals surface area (Å²) < 4.78 is 13.1. The van der Waals surface area contributed by atoms with Crippen LogP contribution in [0.4, 0.5) is 10.1 Å². The first-order valence-corrected chi connectivity index (χ1v) is 7.49. The van der Waals surface area contributed by atoms with Crippen molar-refractivity contribution in [2.24, 2.45) is 0 Å². The largest absolute Gasteiger partial charge is 0.392 e. The minimum Gasteiger partial charge on any atom is -0.392 e. The van der Waals surface area contributed by atoms with E-state index in [2.05, 4.69) is 10.6 Å². The molecule has 0 saturated heterocycles. The Morgan fingerprint density at radius 2 is 1.88 bits per heavy atom. The number of hydrogen-bond donors (Lipinski definition) is 3. The third-order valence-corrected chi connectivity index (χ3v) is 3.46. The molecule has 126 valence electrons. The van der Waals surface area contributed by atoms with E-state index in [1.165, 1.54) is 18.2 Å². The van der Waals surface area contributed by atoms with Crippen molar-refractivity contribution < 1.29 is 19.1 Å². The van der Waals surface area contributed by atoms with Crippen LogP contribution < -0.4 is 10.6 Å². The van der Waals surface area contributed by atoms with Gasteiger partial charge >= 0.3 is 0 Å². The lowest BCUT2D eigenvalue weighted by molar-refractivity contribution is -0.123. The molecule has 0 unspecified atom stereocenters. The average molecular weight is 330 g/mol. The summed E-state index contributed by atoms with van der Waals surface area (Å²) in [4.78, 5) is 23.7. The fraction of sp³-hybridized carbons (Fsp3) is 0.222. The van der Waals surface area contributed by atoms with Crippen molar-refractivity contribution in [3.8, 4) is 0 Å². The Bertz CT molecular complexity index is 747. The Morgan fingerprint density at radius 1 is 1.08 bits per heavy atom. The van der Waals surface area contributed by atoms with Gasteiger partial charge in [-0.05, 0) is 41.8 Å². The van der Waals surface area contributed by atoms with Crippen LogP contribution in [0.3, 0.4) is 0 Å². The first kappa shape index (κ1) is 17.6. The molecule has 0 fully saturated rings. The van der Waals surface area contributed by atoms with E-state index in [-0.39, 0.29) is 31.4 Å². The molecule has 0 spiro atoms. The van der Waals surface area contributed by atoms with Crippen LogP contribution in [0.15, 0.2) is 42.5 Å². The van der Waals surface area contributed by atoms with Crippen LogP contribution in [0.1, 0.15) is 16.7 Å². The van der Waals surface area contributed by atoms with Crippen molar-refractivity contribution in [1.82, 2.24) is 5.32 Å². The van der Waals surface area contributed by atoms with Gasteiger partial charge in [-0.1, -0.05) is 24.3 Å². The highest BCUT2D eigenvalue weighted by molar-refractivity contribution is 5.95. The van der Waals surface area contributed by atoms with Gasteiger partial charge in [-0.25, -0.2) is 4.39 Å². The number of aryl methyl sites for hydroxylation is 1. The van der Waals surface area contributed by atoms with Gasteiger partial charge in [0, 0.05) is 5.69 Å². The van der Waals surface area contributed by atoms with Crippen LogP contribution in [0.5, 0.6) is 0 Å². The van der Waals surface area contributed by atoms with Gasteiger partial charge in [0.1, 0.15) is 5.82 Å². The lowest BCUT2D eigenvalue weighted by Crippen LogP contribution is -2.33. The Kier molecular flexibility index (Phi) is 6.03. The number of carbonyl (C=O) groups is 2. The van der Waals surface area contributed by atoms with E-state index in [1.807, 2.05) is 6.92 Å². The molecule has 0 radical (unpaired) electrons. The van der Waals surface area contributed by atoms with Crippen molar-refractivity contribution in [3.63, 3.8) is 0 Å². The predicted molar refractivity (Wildman–Crippen MR) is 88.8 cm³/mol. The molecule has 5 nitrogen and oxygen atoms in total. The van der Waals surface area contributed by atoms with Gasteiger partial charge in [-0.2, -0.15) is 0 Å². The number of hydrogen-bond acceptors (Lipinski definition) is 3. The molecule has 0 heterocycles. The molecule has 2 aromatic rings. The summed E-state index contributed by atoms with van der Waals surface area (Å²) in [6.45, 7) is 1.53. The molecule has 0 saturated carbocycles. The molecule has 0 bridgehead atoms. The van der Waals surface area contributed by atoms with Crippen LogP contribution in [0.2, 0.25) is 0 Å². The second-order valence-corrected chi connectivity index (χ2v) is 5.44. The zero-order valence-corrected chi connectivity index (χ0v) is 13.3. The first-order chi connectivity index (χ1) is 11.5. The molecule has 0 aliphatic heterocycles. The SMILES string of the molecule is Cc1ccc(CO)cc1NC(=O)CNC(=O)Cc1cccc(F)c1. The number of amides is 2. The van der Waals surface area contributed by atoms with E-state index >= 15 is 0 Å². The molecule has 2 aromatic carbocycles. The molecule has 3 N–H and O–H groups in total. The zero-order chi connectivity index (χ0) is 17.5. The Morgan fingerprint density at radius 3 is 2.58 bits per heavy atom. The van der Waals surface area contributed by atoms with Crippen molar-refractivity contribution >= 4 is 17.5 Å². The molecule has 0 aliphatic rings. The topological polar surface area (TPSA) is 78.4 Å². The molecule has 0 aliphatic carbocycles. The van der Waals surface area contributed by atoms with Crippen molar-refractivity contribution in [3.05, 3.63) is 65.0 Å². The Balaban J connectivity index is 1.85. The molecule has 6 heteroatoms. The van der Waals surface area contributed by atoms with Gasteiger partial charge in [0.2, 0.25) is 11.8 Å². The monoisotopic (exact) mass is 330 g/mol. The van der Waals surface area contributed by atoms with Crippen LogP contribution >= 0.6 is 0 Å². The van der Waals surface area contributed by atoms with Crippen LogP contribution in [-0.4, -0.2) is 23.5 Å². The summed E-state index contributed by atoms with van der Waals surface area (Å²) in [5.74, 6) is -1.14. The van der Waals surface area contributed by atoms with Gasteiger partial charge in [-0.3, -0.25) is 9.59 Å². The van der Waals surface area contributed by atoms with E-state index in [4.69, 9.17) is 5.11 Å². The Labute approximate surface area is 139 Å². The van der Waals surface area contributed by atoms with E-state index in [0.717, 1.165) is 5.56 Å². The summed E-state index contributed by atoms with van der Waals surface area (Å²) in [6.07, 6.45) is 0.00403. The van der Waals surface area contributed by atoms with Gasteiger partial charge < -0.3 is 15.7 Å². The number of halogens is 1. The number of aliphatic hydroxyl groups is 1. The van der Waals surface area contributed by atoms with Crippen LogP contribution in [0.25, 0.3) is 0 Å². The van der Waals surface area contributed by atoms with E-state index in [9.17, 15) is 14.0 Å². The number of nitrogens with one attached hydrogen (secondary N) is 2. The maximum absolute atomic E-state index is 13.1. The standard InChI is InChI=1S/C18H19FN2O3/c1-12-5-6-14(11-22)8-16(12)21-18(24)10-20-17(23)9-13-3-2-4-15(19)7-13/h2-8,22H,9-11H2,1H3,(H,20,23)(H,21,24). The summed E-state index contributed by atoms with van der Waals surface area (Å²) in [7, 11) is 0. The van der Waals surface area contributed by atoms with E-state index in [0.29, 0.717) is 16.8 Å². The van der Waals surface area contributed by atoms with E-state index < -0.39 is 5.82 Å². The molecule has 2 amide bonds. The van der Waals surface area contributed by atoms with Gasteiger partial charge in [0.25, 0.3) is 0 Å². The first-order valence-electron chi connectivity index (χ1n) is 7.49. The summed E-state index contributed by atoms with van der Waals surface area (Å²) in [5.41, 5.74) is 2.67. The quantitative estimate of drug-likeness (QED) is 0.757. The fourth-order valence-corrected chi connectivity index (χ4v) is 2.17. The molecule has 24 heavy (non-hydrogen) atoms. The number of benzene rings is 2. The third kappa shape index (κ3) is 5.17. The maximum atomic E-state index is 13.1. The van der Waals surface area contributed by atoms with E-state index in [1.54, 1.807) is 24.3 Å². The molecular weight excluding hydrogens is 311 g/mol. The number of anilines is 1. The van der Waals surface area contributed by atoms with Gasteiger partial charge in [0.15, 0.2) is 0 Å². The van der Waals surface area contributed by atoms with Crippen molar-refractivity contribution in [2.45, 2.75) is 20.0 Å². The highest BCUT2D eigenvalue weighted by Crippen LogP contribution is 2.16. The maximum Gasteiger partial charge on any atom is 0.243 e. The predicted octanol–water partition coefficient (Wildman–Crippen LogP) is 1.92. The minimum atomic E-state index is -0.405. The smallest absolute Gasteiger partial charge is 0.243 e. The third-order valence-electron chi connectivity index (χ3n) is 3.46. The number of aliphatic hydroxyl groups excluding tert-OH is 1. The summed E-state index contributed by atoms with van der Waals surface area (Å²) in [5, 5.41) is 14.3. The van der Waals surface area contributed by atoms with Crippen molar-refractivity contribution in [2.75, 3.05) is 11.9 Å². The molecule has 0 atom stereocenters. The number of rotatable bonds is 6. The van der Waals surface area contributed by atoms with Gasteiger partial charge in [-0.15, -0.1) is 0 Å². The van der Waals surface area contributed by atoms with Crippen molar-refractivity contribution in [1.29, 1.82) is 0 Å². The summed E-state index contributed by atoms with van der Waals surface area (Å²) >= 11 is 0. The summed E-state index contributed by atoms with van der Waals surface area (Å²) in [6, 6.07) is 11.0. The zero-order valence-electron chi connectivity index (χ0n) is 13.3. The fourth-order valence-electron chi connectivity index (χ4n) is 2.17. The highest BCUT2D eigenvalue weighted by Gasteiger charge is 2.09. The van der Waals surface area contributed by atoms with Crippen LogP contribution in [0, 0.1) is 12.7 Å². The van der Waals surface area contributed by atoms with Gasteiger partial charge in [0.05, 0.1) is 19.6 Å². The number of carbonyl (C=O) groups excluding carboxylic acids is 2. The Hall–Kier alpha value is -2.73. The lowest BCUT2D eigenvalue weighted by atomic mass is 10.1.